The zero-order valence-electron chi connectivity index (χ0n) is 18.4. The van der Waals surface area contributed by atoms with Crippen LogP contribution in [0, 0.1) is 13.8 Å². The fourth-order valence-electron chi connectivity index (χ4n) is 4.41. The van der Waals surface area contributed by atoms with Gasteiger partial charge in [-0.1, -0.05) is 43.2 Å². The molecule has 0 radical (unpaired) electrons. The van der Waals surface area contributed by atoms with E-state index in [0.29, 0.717) is 24.4 Å². The third-order valence-electron chi connectivity index (χ3n) is 6.44. The number of carbonyl (C=O) groups is 1. The van der Waals surface area contributed by atoms with E-state index in [4.69, 9.17) is 9.72 Å². The van der Waals surface area contributed by atoms with Gasteiger partial charge in [-0.15, -0.1) is 0 Å². The molecule has 30 heavy (non-hydrogen) atoms. The summed E-state index contributed by atoms with van der Waals surface area (Å²) in [5, 5.41) is 1.02. The van der Waals surface area contributed by atoms with Crippen molar-refractivity contribution in [3.8, 4) is 5.75 Å². The molecule has 2 aliphatic rings. The fourth-order valence-corrected chi connectivity index (χ4v) is 5.46. The first-order valence-corrected chi connectivity index (χ1v) is 12.2. The number of methoxy groups -OCH3 is 1. The second-order valence-corrected chi connectivity index (χ2v) is 9.56. The van der Waals surface area contributed by atoms with Gasteiger partial charge in [-0.3, -0.25) is 4.79 Å². The minimum Gasteiger partial charge on any atom is -0.497 e. The number of aryl methyl sites for hydroxylation is 1. The Morgan fingerprint density at radius 2 is 1.83 bits per heavy atom. The van der Waals surface area contributed by atoms with Crippen molar-refractivity contribution in [3.63, 3.8) is 0 Å². The lowest BCUT2D eigenvalue weighted by atomic mass is 9.95. The second-order valence-electron chi connectivity index (χ2n) is 8.62. The Balaban J connectivity index is 1.43. The third kappa shape index (κ3) is 4.85. The van der Waals surface area contributed by atoms with Gasteiger partial charge in [-0.2, -0.15) is 0 Å². The summed E-state index contributed by atoms with van der Waals surface area (Å²) in [5.74, 6) is 1.51. The number of aromatic nitrogens is 2. The van der Waals surface area contributed by atoms with E-state index in [0.717, 1.165) is 35.0 Å². The van der Waals surface area contributed by atoms with Crippen LogP contribution in [0.3, 0.4) is 0 Å². The number of rotatable bonds is 8. The van der Waals surface area contributed by atoms with Crippen molar-refractivity contribution >= 4 is 17.7 Å². The van der Waals surface area contributed by atoms with Gasteiger partial charge in [0.2, 0.25) is 5.91 Å². The maximum absolute atomic E-state index is 13.1. The van der Waals surface area contributed by atoms with Crippen molar-refractivity contribution in [1.82, 2.24) is 14.5 Å². The molecule has 0 bridgehead atoms. The van der Waals surface area contributed by atoms with Crippen LogP contribution < -0.4 is 4.74 Å². The van der Waals surface area contributed by atoms with Gasteiger partial charge in [0.1, 0.15) is 5.75 Å². The predicted octanol–water partition coefficient (Wildman–Crippen LogP) is 5.30. The Morgan fingerprint density at radius 1 is 1.13 bits per heavy atom. The fraction of sp³-hybridized carbons (Fsp3) is 0.583. The highest BCUT2D eigenvalue weighted by Crippen LogP contribution is 2.35. The number of hydrogen-bond donors (Lipinski definition) is 0. The molecule has 1 heterocycles. The lowest BCUT2D eigenvalue weighted by Gasteiger charge is -2.26. The zero-order valence-corrected chi connectivity index (χ0v) is 19.2. The van der Waals surface area contributed by atoms with Crippen LogP contribution in [-0.2, 0) is 11.3 Å². The molecule has 1 amide bonds. The Bertz CT molecular complexity index is 867. The molecule has 2 saturated carbocycles. The largest absolute Gasteiger partial charge is 0.497 e. The predicted molar refractivity (Wildman–Crippen MR) is 121 cm³/mol. The monoisotopic (exact) mass is 427 g/mol. The number of nitrogens with zero attached hydrogens (tertiary/aromatic N) is 3. The molecule has 162 valence electrons. The summed E-state index contributed by atoms with van der Waals surface area (Å²) in [7, 11) is 1.67. The van der Waals surface area contributed by atoms with Crippen molar-refractivity contribution in [3.05, 3.63) is 41.2 Å². The standard InChI is InChI=1S/C24H33N3O2S/c1-17-18(2)27(21-7-5-4-6-8-21)24(25-17)30-16-23(28)26(20-11-12-20)15-19-9-13-22(29-3)14-10-19/h9-10,13-14,20-21H,4-8,11-12,15-16H2,1-3H3. The molecule has 1 aromatic carbocycles. The van der Waals surface area contributed by atoms with E-state index in [2.05, 4.69) is 35.4 Å². The van der Waals surface area contributed by atoms with Gasteiger partial charge in [0.05, 0.1) is 18.6 Å². The first kappa shape index (κ1) is 21.3. The number of thioether (sulfide) groups is 1. The van der Waals surface area contributed by atoms with Gasteiger partial charge >= 0.3 is 0 Å². The highest BCUT2D eigenvalue weighted by Gasteiger charge is 2.33. The smallest absolute Gasteiger partial charge is 0.233 e. The SMILES string of the molecule is COc1ccc(CN(C(=O)CSc2nc(C)c(C)n2C2CCCCC2)C2CC2)cc1. The van der Waals surface area contributed by atoms with Gasteiger partial charge < -0.3 is 14.2 Å². The molecular formula is C24H33N3O2S. The van der Waals surface area contributed by atoms with Crippen LogP contribution in [0.5, 0.6) is 5.75 Å². The average molecular weight is 428 g/mol. The zero-order chi connectivity index (χ0) is 21.1. The van der Waals surface area contributed by atoms with Gasteiger partial charge in [0, 0.05) is 24.3 Å². The maximum Gasteiger partial charge on any atom is 0.233 e. The molecule has 2 fully saturated rings. The molecular weight excluding hydrogens is 394 g/mol. The topological polar surface area (TPSA) is 47.4 Å². The first-order valence-electron chi connectivity index (χ1n) is 11.2. The summed E-state index contributed by atoms with van der Waals surface area (Å²) in [6, 6.07) is 8.96. The molecule has 0 saturated heterocycles. The van der Waals surface area contributed by atoms with E-state index in [1.165, 1.54) is 37.8 Å². The van der Waals surface area contributed by atoms with Crippen LogP contribution >= 0.6 is 11.8 Å². The maximum atomic E-state index is 13.1. The second kappa shape index (κ2) is 9.46. The lowest BCUT2D eigenvalue weighted by Crippen LogP contribution is -2.34. The van der Waals surface area contributed by atoms with E-state index in [-0.39, 0.29) is 5.91 Å². The van der Waals surface area contributed by atoms with E-state index in [1.807, 2.05) is 12.1 Å². The number of hydrogen-bond acceptors (Lipinski definition) is 4. The van der Waals surface area contributed by atoms with Gasteiger partial charge in [-0.05, 0) is 57.2 Å². The first-order chi connectivity index (χ1) is 14.6. The lowest BCUT2D eigenvalue weighted by molar-refractivity contribution is -0.129. The van der Waals surface area contributed by atoms with Gasteiger partial charge in [0.15, 0.2) is 5.16 Å². The van der Waals surface area contributed by atoms with Crippen LogP contribution in [0.1, 0.15) is 67.9 Å². The number of carbonyl (C=O) groups excluding carboxylic acids is 1. The van der Waals surface area contributed by atoms with Gasteiger partial charge in [-0.25, -0.2) is 4.98 Å². The number of imidazole rings is 1. The average Bonchev–Trinajstić information content (AvgIpc) is 3.57. The van der Waals surface area contributed by atoms with Crippen LogP contribution in [0.2, 0.25) is 0 Å². The molecule has 6 heteroatoms. The van der Waals surface area contributed by atoms with E-state index in [9.17, 15) is 4.79 Å². The van der Waals surface area contributed by atoms with Crippen molar-refractivity contribution in [2.45, 2.75) is 82.6 Å². The molecule has 0 spiro atoms. The van der Waals surface area contributed by atoms with Crippen LogP contribution in [0.15, 0.2) is 29.4 Å². The van der Waals surface area contributed by atoms with Gasteiger partial charge in [0.25, 0.3) is 0 Å². The summed E-state index contributed by atoms with van der Waals surface area (Å²) in [6.07, 6.45) is 8.60. The number of amides is 1. The Morgan fingerprint density at radius 3 is 2.47 bits per heavy atom. The molecule has 0 atom stereocenters. The minimum atomic E-state index is 0.215. The van der Waals surface area contributed by atoms with Crippen molar-refractivity contribution in [2.75, 3.05) is 12.9 Å². The normalized spacial score (nSPS) is 17.2. The molecule has 5 nitrogen and oxygen atoms in total. The minimum absolute atomic E-state index is 0.215. The van der Waals surface area contributed by atoms with E-state index < -0.39 is 0 Å². The summed E-state index contributed by atoms with van der Waals surface area (Å²) in [4.78, 5) is 20.0. The highest BCUT2D eigenvalue weighted by molar-refractivity contribution is 7.99. The molecule has 0 aliphatic heterocycles. The molecule has 0 N–H and O–H groups in total. The number of ether oxygens (including phenoxy) is 1. The molecule has 1 aromatic heterocycles. The Kier molecular flexibility index (Phi) is 6.71. The molecule has 0 unspecified atom stereocenters. The van der Waals surface area contributed by atoms with Crippen molar-refractivity contribution < 1.29 is 9.53 Å². The molecule has 4 rings (SSSR count). The molecule has 2 aromatic rings. The van der Waals surface area contributed by atoms with E-state index in [1.54, 1.807) is 18.9 Å². The van der Waals surface area contributed by atoms with E-state index >= 15 is 0 Å². The Labute approximate surface area is 184 Å². The highest BCUT2D eigenvalue weighted by atomic mass is 32.2. The van der Waals surface area contributed by atoms with Crippen molar-refractivity contribution in [2.24, 2.45) is 0 Å². The summed E-state index contributed by atoms with van der Waals surface area (Å²) in [6.45, 7) is 4.92. The third-order valence-corrected chi connectivity index (χ3v) is 7.38. The quantitative estimate of drug-likeness (QED) is 0.537. The number of benzene rings is 1. The van der Waals surface area contributed by atoms with Crippen LogP contribution in [0.25, 0.3) is 0 Å². The summed E-state index contributed by atoms with van der Waals surface area (Å²) >= 11 is 1.61. The van der Waals surface area contributed by atoms with Crippen LogP contribution in [-0.4, -0.2) is 39.3 Å². The summed E-state index contributed by atoms with van der Waals surface area (Å²) in [5.41, 5.74) is 3.50. The van der Waals surface area contributed by atoms with Crippen LogP contribution in [0.4, 0.5) is 0 Å². The van der Waals surface area contributed by atoms with Crippen molar-refractivity contribution in [1.29, 1.82) is 0 Å². The molecule has 2 aliphatic carbocycles. The Hall–Kier alpha value is -1.95. The summed E-state index contributed by atoms with van der Waals surface area (Å²) < 4.78 is 7.66.